The number of thioether (sulfide) groups is 1. The largest absolute Gasteiger partial charge is 0.447 e. The molecule has 0 radical (unpaired) electrons. The van der Waals surface area contributed by atoms with Crippen LogP contribution >= 0.6 is 11.8 Å². The molecule has 1 fully saturated rings. The number of carbonyl (C=O) groups excluding carboxylic acids is 2. The van der Waals surface area contributed by atoms with Gasteiger partial charge in [-0.2, -0.15) is 0 Å². The van der Waals surface area contributed by atoms with E-state index in [1.165, 1.54) is 48.2 Å². The Balaban J connectivity index is 1.56. The number of hydrogen-bond acceptors (Lipinski definition) is 4. The van der Waals surface area contributed by atoms with Crippen molar-refractivity contribution in [1.82, 2.24) is 5.32 Å². The van der Waals surface area contributed by atoms with Gasteiger partial charge in [0, 0.05) is 17.4 Å². The Labute approximate surface area is 160 Å². The summed E-state index contributed by atoms with van der Waals surface area (Å²) < 4.78 is 31.4. The minimum Gasteiger partial charge on any atom is -0.447 e. The zero-order chi connectivity index (χ0) is 19.2. The SMILES string of the molecule is O=C(CSCc1ccc(F)cc1)OC(C(=O)NC1CC1)c1ccc(F)cc1. The Bertz CT molecular complexity index is 792. The Morgan fingerprint density at radius 3 is 2.22 bits per heavy atom. The monoisotopic (exact) mass is 391 g/mol. The van der Waals surface area contributed by atoms with Gasteiger partial charge in [0.2, 0.25) is 6.10 Å². The first-order chi connectivity index (χ1) is 13.0. The van der Waals surface area contributed by atoms with Gasteiger partial charge in [0.15, 0.2) is 0 Å². The van der Waals surface area contributed by atoms with E-state index in [2.05, 4.69) is 5.32 Å². The van der Waals surface area contributed by atoms with Crippen molar-refractivity contribution in [1.29, 1.82) is 0 Å². The average molecular weight is 391 g/mol. The van der Waals surface area contributed by atoms with Crippen molar-refractivity contribution in [2.75, 3.05) is 5.75 Å². The Morgan fingerprint density at radius 1 is 1.04 bits per heavy atom. The summed E-state index contributed by atoms with van der Waals surface area (Å²) in [5.74, 6) is -1.12. The van der Waals surface area contributed by atoms with Crippen LogP contribution < -0.4 is 5.32 Å². The van der Waals surface area contributed by atoms with Crippen molar-refractivity contribution in [2.45, 2.75) is 30.7 Å². The summed E-state index contributed by atoms with van der Waals surface area (Å²) in [6.45, 7) is 0. The highest BCUT2D eigenvalue weighted by Crippen LogP contribution is 2.24. The highest BCUT2D eigenvalue weighted by molar-refractivity contribution is 7.99. The van der Waals surface area contributed by atoms with Crippen LogP contribution in [0.25, 0.3) is 0 Å². The second-order valence-electron chi connectivity index (χ2n) is 6.32. The highest BCUT2D eigenvalue weighted by Gasteiger charge is 2.30. The lowest BCUT2D eigenvalue weighted by molar-refractivity contribution is -0.154. The van der Waals surface area contributed by atoms with Crippen LogP contribution in [-0.4, -0.2) is 23.7 Å². The molecule has 27 heavy (non-hydrogen) atoms. The molecule has 1 amide bonds. The van der Waals surface area contributed by atoms with Gasteiger partial charge in [-0.25, -0.2) is 8.78 Å². The second-order valence-corrected chi connectivity index (χ2v) is 7.31. The van der Waals surface area contributed by atoms with Crippen molar-refractivity contribution in [3.8, 4) is 0 Å². The van der Waals surface area contributed by atoms with Crippen LogP contribution in [0.3, 0.4) is 0 Å². The molecule has 1 saturated carbocycles. The van der Waals surface area contributed by atoms with Gasteiger partial charge in [0.25, 0.3) is 5.91 Å². The average Bonchev–Trinajstić information content (AvgIpc) is 3.46. The van der Waals surface area contributed by atoms with Crippen molar-refractivity contribution in [3.05, 3.63) is 71.3 Å². The molecule has 4 nitrogen and oxygen atoms in total. The van der Waals surface area contributed by atoms with E-state index in [-0.39, 0.29) is 17.6 Å². The number of nitrogens with one attached hydrogen (secondary N) is 1. The molecule has 0 bridgehead atoms. The second kappa shape index (κ2) is 8.99. The van der Waals surface area contributed by atoms with E-state index >= 15 is 0 Å². The minimum absolute atomic E-state index is 0.0474. The molecule has 0 spiro atoms. The molecular formula is C20H19F2NO3S. The summed E-state index contributed by atoms with van der Waals surface area (Å²) in [5.41, 5.74) is 1.31. The molecule has 0 aromatic heterocycles. The fourth-order valence-electron chi connectivity index (χ4n) is 2.41. The molecule has 1 aliphatic carbocycles. The van der Waals surface area contributed by atoms with Crippen LogP contribution in [-0.2, 0) is 20.1 Å². The third kappa shape index (κ3) is 6.06. The molecule has 142 valence electrons. The van der Waals surface area contributed by atoms with Gasteiger partial charge in [-0.05, 0) is 42.7 Å². The molecule has 2 aromatic rings. The Hall–Kier alpha value is -2.41. The van der Waals surface area contributed by atoms with Crippen molar-refractivity contribution in [2.24, 2.45) is 0 Å². The molecule has 0 aliphatic heterocycles. The Kier molecular flexibility index (Phi) is 6.45. The third-order valence-corrected chi connectivity index (χ3v) is 4.96. The zero-order valence-electron chi connectivity index (χ0n) is 14.5. The van der Waals surface area contributed by atoms with Crippen LogP contribution in [0.5, 0.6) is 0 Å². The molecule has 1 unspecified atom stereocenters. The van der Waals surface area contributed by atoms with Crippen LogP contribution in [0.15, 0.2) is 48.5 Å². The number of ether oxygens (including phenoxy) is 1. The lowest BCUT2D eigenvalue weighted by Crippen LogP contribution is -2.33. The summed E-state index contributed by atoms with van der Waals surface area (Å²) in [6, 6.07) is 11.5. The maximum Gasteiger partial charge on any atom is 0.317 e. The Morgan fingerprint density at radius 2 is 1.63 bits per heavy atom. The van der Waals surface area contributed by atoms with Crippen molar-refractivity contribution < 1.29 is 23.1 Å². The molecule has 2 aromatic carbocycles. The maximum absolute atomic E-state index is 13.2. The van der Waals surface area contributed by atoms with Gasteiger partial charge >= 0.3 is 5.97 Å². The topological polar surface area (TPSA) is 55.4 Å². The number of benzene rings is 2. The van der Waals surface area contributed by atoms with Crippen molar-refractivity contribution in [3.63, 3.8) is 0 Å². The summed E-state index contributed by atoms with van der Waals surface area (Å²) in [4.78, 5) is 24.6. The fraction of sp³-hybridized carbons (Fsp3) is 0.300. The number of carbonyl (C=O) groups is 2. The molecule has 1 aliphatic rings. The number of halogens is 2. The van der Waals surface area contributed by atoms with Crippen LogP contribution in [0.4, 0.5) is 8.78 Å². The fourth-order valence-corrected chi connectivity index (χ4v) is 3.18. The number of rotatable bonds is 8. The first-order valence-electron chi connectivity index (χ1n) is 8.59. The number of hydrogen-bond donors (Lipinski definition) is 1. The lowest BCUT2D eigenvalue weighted by atomic mass is 10.1. The minimum atomic E-state index is -1.11. The van der Waals surface area contributed by atoms with E-state index in [0.717, 1.165) is 18.4 Å². The standard InChI is InChI=1S/C20H19F2NO3S/c21-15-5-1-13(2-6-15)11-27-12-18(24)26-19(20(25)23-17-9-10-17)14-3-7-16(22)8-4-14/h1-8,17,19H,9-12H2,(H,23,25). The molecule has 0 saturated heterocycles. The molecule has 0 heterocycles. The lowest BCUT2D eigenvalue weighted by Gasteiger charge is -2.18. The smallest absolute Gasteiger partial charge is 0.317 e. The highest BCUT2D eigenvalue weighted by atomic mass is 32.2. The quantitative estimate of drug-likeness (QED) is 0.696. The summed E-state index contributed by atoms with van der Waals surface area (Å²) in [5, 5.41) is 2.81. The first-order valence-corrected chi connectivity index (χ1v) is 9.74. The molecular weight excluding hydrogens is 372 g/mol. The van der Waals surface area contributed by atoms with Gasteiger partial charge in [-0.15, -0.1) is 11.8 Å². The van der Waals surface area contributed by atoms with Crippen molar-refractivity contribution >= 4 is 23.6 Å². The normalized spacial score (nSPS) is 14.4. The van der Waals surface area contributed by atoms with Crippen LogP contribution in [0.2, 0.25) is 0 Å². The van der Waals surface area contributed by atoms with Crippen LogP contribution in [0.1, 0.15) is 30.1 Å². The van der Waals surface area contributed by atoms with Gasteiger partial charge < -0.3 is 10.1 Å². The summed E-state index contributed by atoms with van der Waals surface area (Å²) in [7, 11) is 0. The maximum atomic E-state index is 13.2. The van der Waals surface area contributed by atoms with Gasteiger partial charge in [0.1, 0.15) is 11.6 Å². The number of esters is 1. The summed E-state index contributed by atoms with van der Waals surface area (Å²) >= 11 is 1.31. The molecule has 1 N–H and O–H groups in total. The van der Waals surface area contributed by atoms with E-state index in [1.807, 2.05) is 0 Å². The van der Waals surface area contributed by atoms with E-state index in [4.69, 9.17) is 4.74 Å². The molecule has 7 heteroatoms. The van der Waals surface area contributed by atoms with Gasteiger partial charge in [-0.1, -0.05) is 24.3 Å². The summed E-state index contributed by atoms with van der Waals surface area (Å²) in [6.07, 6.45) is 0.706. The third-order valence-electron chi connectivity index (χ3n) is 3.99. The predicted octanol–water partition coefficient (Wildman–Crippen LogP) is 3.76. The van der Waals surface area contributed by atoms with E-state index < -0.39 is 23.8 Å². The van der Waals surface area contributed by atoms with E-state index in [1.54, 1.807) is 12.1 Å². The van der Waals surface area contributed by atoms with Crippen LogP contribution in [0, 0.1) is 11.6 Å². The molecule has 1 atom stereocenters. The van der Waals surface area contributed by atoms with E-state index in [9.17, 15) is 18.4 Å². The molecule has 3 rings (SSSR count). The van der Waals surface area contributed by atoms with Gasteiger partial charge in [-0.3, -0.25) is 9.59 Å². The van der Waals surface area contributed by atoms with Gasteiger partial charge in [0.05, 0.1) is 5.75 Å². The number of amides is 1. The predicted molar refractivity (Wildman–Crippen MR) is 99.0 cm³/mol. The van der Waals surface area contributed by atoms with E-state index in [0.29, 0.717) is 11.3 Å². The zero-order valence-corrected chi connectivity index (χ0v) is 15.3. The first kappa shape index (κ1) is 19.4.